The lowest BCUT2D eigenvalue weighted by molar-refractivity contribution is -0.276. The van der Waals surface area contributed by atoms with Gasteiger partial charge in [0.15, 0.2) is 23.1 Å². The lowest BCUT2D eigenvalue weighted by Crippen LogP contribution is -2.41. The summed E-state index contributed by atoms with van der Waals surface area (Å²) in [4.78, 5) is 92.9. The van der Waals surface area contributed by atoms with Gasteiger partial charge in [-0.05, 0) is 73.0 Å². The van der Waals surface area contributed by atoms with Crippen molar-refractivity contribution >= 4 is 52.7 Å². The molecule has 0 saturated heterocycles. The number of ketones is 4. The average Bonchev–Trinajstić information content (AvgIpc) is 3.92. The van der Waals surface area contributed by atoms with Gasteiger partial charge in [-0.1, -0.05) is 30.3 Å². The zero-order valence-corrected chi connectivity index (χ0v) is 35.9. The molecule has 374 valence electrons. The predicted octanol–water partition coefficient (Wildman–Crippen LogP) is 10.5. The second kappa shape index (κ2) is 17.8. The van der Waals surface area contributed by atoms with Gasteiger partial charge in [-0.25, -0.2) is 19.2 Å². The van der Waals surface area contributed by atoms with Gasteiger partial charge in [-0.3, -0.25) is 19.2 Å². The number of anilines is 1. The number of esters is 4. The number of cyclic esters (lactones) is 4. The number of halogens is 12. The number of hydrogen-bond donors (Lipinski definition) is 1. The molecule has 0 fully saturated rings. The van der Waals surface area contributed by atoms with E-state index in [0.717, 1.165) is 61.5 Å². The number of Topliss-reactive ketones (excluding diaryl/α,β-unsaturated/α-hetero) is 4. The Labute approximate surface area is 393 Å². The highest BCUT2D eigenvalue weighted by Crippen LogP contribution is 2.48. The molecule has 0 saturated carbocycles. The maximum atomic E-state index is 14.2. The average molecular weight is 1020 g/mol. The fraction of sp³-hybridized carbons (Fsp3) is 0.191. The van der Waals surface area contributed by atoms with Gasteiger partial charge < -0.3 is 24.7 Å². The van der Waals surface area contributed by atoms with E-state index in [4.69, 9.17) is 5.73 Å². The largest absolute Gasteiger partial charge is 0.573 e. The lowest BCUT2D eigenvalue weighted by atomic mass is 9.74. The molecule has 2 N–H and O–H groups in total. The Hall–Kier alpha value is -8.38. The molecule has 2 aliphatic heterocycles. The van der Waals surface area contributed by atoms with Crippen molar-refractivity contribution in [3.05, 3.63) is 146 Å². The third-order valence-corrected chi connectivity index (χ3v) is 11.3. The molecule has 2 heterocycles. The van der Waals surface area contributed by atoms with Crippen molar-refractivity contribution < 1.29 is 110 Å². The van der Waals surface area contributed by atoms with Crippen molar-refractivity contribution in [2.45, 2.75) is 57.2 Å². The number of rotatable bonds is 5. The first-order chi connectivity index (χ1) is 33.2. The van der Waals surface area contributed by atoms with Crippen LogP contribution in [0.3, 0.4) is 0 Å². The topological polar surface area (TPSA) is 199 Å². The highest BCUT2D eigenvalue weighted by molar-refractivity contribution is 6.28. The Kier molecular flexibility index (Phi) is 12.7. The van der Waals surface area contributed by atoms with Crippen molar-refractivity contribution in [3.8, 4) is 22.6 Å². The minimum Gasteiger partial charge on any atom is -0.405 e. The predicted molar refractivity (Wildman–Crippen MR) is 217 cm³/mol. The maximum Gasteiger partial charge on any atom is 0.573 e. The van der Waals surface area contributed by atoms with Crippen molar-refractivity contribution in [1.82, 2.24) is 0 Å². The van der Waals surface area contributed by atoms with E-state index in [1.807, 2.05) is 0 Å². The van der Waals surface area contributed by atoms with E-state index in [-0.39, 0.29) is 56.6 Å². The van der Waals surface area contributed by atoms with Crippen LogP contribution >= 0.6 is 0 Å². The van der Waals surface area contributed by atoms with Crippen LogP contribution in [0.1, 0.15) is 125 Å². The van der Waals surface area contributed by atoms with Crippen molar-refractivity contribution in [2.75, 3.05) is 5.73 Å². The molecule has 1 unspecified atom stereocenters. The molecule has 0 bridgehead atoms. The Balaban J connectivity index is 0.000000161. The number of hydrogen-bond acceptors (Lipinski definition) is 13. The Morgan fingerprint density at radius 3 is 1.49 bits per heavy atom. The quantitative estimate of drug-likeness (QED) is 0.0755. The number of carbonyl (C=O) groups excluding carboxylic acids is 8. The SMILES string of the molecule is CC(c1ccc2c(c1)C(=O)CC2=O)(c1ccc2c(c1)C(=O)OC2=O)C(F)(F)F.Cc1ccc(-c2ccc(N)cc2OC(F)(F)F)c(OC(F)(F)F)c1.O=C1CC(=O)c2c1cc1c(c2C(F)(F)F)C(=O)OC1=O. The summed E-state index contributed by atoms with van der Waals surface area (Å²) >= 11 is 0. The van der Waals surface area contributed by atoms with Gasteiger partial charge in [0.1, 0.15) is 16.9 Å². The number of benzene rings is 5. The fourth-order valence-electron chi connectivity index (χ4n) is 7.96. The van der Waals surface area contributed by atoms with E-state index >= 15 is 0 Å². The summed E-state index contributed by atoms with van der Waals surface area (Å²) < 4.78 is 174. The molecule has 5 aromatic carbocycles. The van der Waals surface area contributed by atoms with E-state index in [1.54, 1.807) is 0 Å². The van der Waals surface area contributed by atoms with Crippen LogP contribution in [0.4, 0.5) is 58.4 Å². The third-order valence-electron chi connectivity index (χ3n) is 11.3. The van der Waals surface area contributed by atoms with Gasteiger partial charge in [0.05, 0.1) is 40.7 Å². The second-order valence-corrected chi connectivity index (χ2v) is 16.0. The minimum atomic E-state index is -5.06. The first-order valence-electron chi connectivity index (χ1n) is 20.0. The smallest absolute Gasteiger partial charge is 0.405 e. The summed E-state index contributed by atoms with van der Waals surface area (Å²) in [7, 11) is 0. The minimum absolute atomic E-state index is 0.0385. The summed E-state index contributed by atoms with van der Waals surface area (Å²) in [5.41, 5.74) is -2.58. The summed E-state index contributed by atoms with van der Waals surface area (Å²) in [6.45, 7) is 2.43. The molecular formula is C47H25F12NO12. The van der Waals surface area contributed by atoms with Crippen LogP contribution in [-0.2, 0) is 21.1 Å². The Bertz CT molecular complexity index is 3050. The van der Waals surface area contributed by atoms with E-state index < -0.39 is 123 Å². The summed E-state index contributed by atoms with van der Waals surface area (Å²) in [6, 6.07) is 14.4. The zero-order chi connectivity index (χ0) is 53.4. The Morgan fingerprint density at radius 1 is 0.458 bits per heavy atom. The molecule has 0 radical (unpaired) electrons. The van der Waals surface area contributed by atoms with Crippen LogP contribution in [0.15, 0.2) is 78.9 Å². The van der Waals surface area contributed by atoms with Crippen LogP contribution in [0.5, 0.6) is 11.5 Å². The van der Waals surface area contributed by atoms with Gasteiger partial charge in [0.25, 0.3) is 0 Å². The number of carbonyl (C=O) groups is 8. The van der Waals surface area contributed by atoms with E-state index in [2.05, 4.69) is 18.9 Å². The molecule has 0 amide bonds. The maximum absolute atomic E-state index is 14.2. The van der Waals surface area contributed by atoms with Crippen LogP contribution in [-0.4, -0.2) is 65.9 Å². The zero-order valence-electron chi connectivity index (χ0n) is 35.9. The second-order valence-electron chi connectivity index (χ2n) is 16.0. The number of fused-ring (bicyclic) bond motifs is 4. The molecule has 1 atom stereocenters. The van der Waals surface area contributed by atoms with Crippen molar-refractivity contribution in [3.63, 3.8) is 0 Å². The normalized spacial score (nSPS) is 15.9. The Morgan fingerprint density at radius 2 is 0.917 bits per heavy atom. The number of ether oxygens (including phenoxy) is 4. The van der Waals surface area contributed by atoms with Crippen LogP contribution in [0.2, 0.25) is 0 Å². The highest BCUT2D eigenvalue weighted by atomic mass is 19.4. The number of nitrogen functional groups attached to an aromatic ring is 1. The number of aryl methyl sites for hydroxylation is 1. The van der Waals surface area contributed by atoms with E-state index in [9.17, 15) is 91.0 Å². The molecule has 2 aliphatic carbocycles. The first kappa shape index (κ1) is 51.5. The van der Waals surface area contributed by atoms with Crippen LogP contribution in [0, 0.1) is 6.92 Å². The van der Waals surface area contributed by atoms with Crippen LogP contribution in [0.25, 0.3) is 11.1 Å². The lowest BCUT2D eigenvalue weighted by Gasteiger charge is -2.33. The van der Waals surface area contributed by atoms with Gasteiger partial charge in [0, 0.05) is 45.1 Å². The molecule has 13 nitrogen and oxygen atoms in total. The summed E-state index contributed by atoms with van der Waals surface area (Å²) in [5.74, 6) is -8.82. The molecule has 4 aliphatic rings. The van der Waals surface area contributed by atoms with Gasteiger partial charge in [-0.2, -0.15) is 26.3 Å². The van der Waals surface area contributed by atoms with Crippen LogP contribution < -0.4 is 15.2 Å². The fourth-order valence-corrected chi connectivity index (χ4v) is 7.96. The highest BCUT2D eigenvalue weighted by Gasteiger charge is 2.55. The van der Waals surface area contributed by atoms with E-state index in [1.165, 1.54) is 31.2 Å². The monoisotopic (exact) mass is 1020 g/mol. The summed E-state index contributed by atoms with van der Waals surface area (Å²) in [5, 5.41) is 0. The van der Waals surface area contributed by atoms with Gasteiger partial charge in [-0.15, -0.1) is 26.3 Å². The van der Waals surface area contributed by atoms with Gasteiger partial charge >= 0.3 is 49.0 Å². The third kappa shape index (κ3) is 9.72. The first-order valence-corrected chi connectivity index (χ1v) is 20.0. The molecular weight excluding hydrogens is 998 g/mol. The standard InChI is InChI=1S/C20H11F3O5.C15H11F6NO2.C12H3F3O5/c1-19(20(21,22)23,9-2-4-11-13(6-9)16(25)8-15(11)24)10-3-5-12-14(7-10)18(27)28-17(12)26;1-8-2-4-10(12(6-8)23-14(16,17)18)11-5-3-9(22)7-13(11)24-15(19,20)21;13-12(14,15)9-7-3(5(16)2-6(7)17)1-4-8(9)11(19)20-10(4)18/h2-7H,8H2,1H3;2-7H,22H2,1H3;1H,2H2. The van der Waals surface area contributed by atoms with E-state index in [0.29, 0.717) is 5.56 Å². The molecule has 5 aromatic rings. The number of alkyl halides is 12. The van der Waals surface area contributed by atoms with Crippen molar-refractivity contribution in [1.29, 1.82) is 0 Å². The van der Waals surface area contributed by atoms with Gasteiger partial charge in [0.2, 0.25) is 0 Å². The molecule has 25 heteroatoms. The molecule has 0 spiro atoms. The molecule has 0 aromatic heterocycles. The summed E-state index contributed by atoms with van der Waals surface area (Å²) in [6.07, 6.45) is -21.0. The molecule has 72 heavy (non-hydrogen) atoms. The number of nitrogens with two attached hydrogens (primary N) is 1. The van der Waals surface area contributed by atoms with Crippen molar-refractivity contribution in [2.24, 2.45) is 0 Å². The molecule has 9 rings (SSSR count).